The Bertz CT molecular complexity index is 687. The van der Waals surface area contributed by atoms with Gasteiger partial charge < -0.3 is 20.0 Å². The topological polar surface area (TPSA) is 73.0 Å². The number of benzene rings is 1. The minimum Gasteiger partial charge on any atom is -0.341 e. The minimum atomic E-state index is -0.409. The molecule has 0 aliphatic carbocycles. The van der Waals surface area contributed by atoms with Crippen molar-refractivity contribution in [3.8, 4) is 0 Å². The van der Waals surface area contributed by atoms with Crippen molar-refractivity contribution in [1.29, 1.82) is 0 Å². The van der Waals surface area contributed by atoms with E-state index in [-0.39, 0.29) is 30.7 Å². The Morgan fingerprint density at radius 1 is 0.926 bits per heavy atom. The predicted octanol–water partition coefficient (Wildman–Crippen LogP) is 1.90. The van der Waals surface area contributed by atoms with E-state index in [1.165, 1.54) is 34.1 Å². The molecule has 0 radical (unpaired) electrons. The fourth-order valence-electron chi connectivity index (χ4n) is 3.37. The van der Waals surface area contributed by atoms with Crippen LogP contribution in [0.2, 0.25) is 0 Å². The lowest BCUT2D eigenvalue weighted by molar-refractivity contribution is -0.142. The highest BCUT2D eigenvalue weighted by molar-refractivity contribution is 5.94. The van der Waals surface area contributed by atoms with Gasteiger partial charge in [0.1, 0.15) is 12.4 Å². The zero-order valence-corrected chi connectivity index (χ0v) is 15.3. The van der Waals surface area contributed by atoms with E-state index in [0.717, 1.165) is 38.8 Å². The third-order valence-corrected chi connectivity index (χ3v) is 4.99. The van der Waals surface area contributed by atoms with Gasteiger partial charge in [-0.05, 0) is 37.1 Å². The molecular formula is C19H25FN4O3. The van der Waals surface area contributed by atoms with Gasteiger partial charge in [0, 0.05) is 31.9 Å². The van der Waals surface area contributed by atoms with E-state index in [4.69, 9.17) is 0 Å². The number of halogens is 1. The number of hydrogen-bond donors (Lipinski definition) is 1. The molecule has 0 atom stereocenters. The van der Waals surface area contributed by atoms with Gasteiger partial charge in [-0.2, -0.15) is 0 Å². The van der Waals surface area contributed by atoms with E-state index < -0.39 is 6.03 Å². The second-order valence-corrected chi connectivity index (χ2v) is 6.97. The van der Waals surface area contributed by atoms with Crippen molar-refractivity contribution >= 4 is 23.5 Å². The summed E-state index contributed by atoms with van der Waals surface area (Å²) in [7, 11) is 0. The van der Waals surface area contributed by atoms with Crippen LogP contribution in [-0.2, 0) is 9.59 Å². The number of nitrogens with one attached hydrogen (secondary N) is 1. The number of carbonyl (C=O) groups excluding carboxylic acids is 3. The van der Waals surface area contributed by atoms with Crippen LogP contribution in [0.25, 0.3) is 0 Å². The molecule has 0 saturated carbocycles. The molecular weight excluding hydrogens is 351 g/mol. The summed E-state index contributed by atoms with van der Waals surface area (Å²) in [6.07, 6.45) is 4.31. The summed E-state index contributed by atoms with van der Waals surface area (Å²) >= 11 is 0. The minimum absolute atomic E-state index is 0.0190. The van der Waals surface area contributed by atoms with Gasteiger partial charge >= 0.3 is 6.03 Å². The predicted molar refractivity (Wildman–Crippen MR) is 98.6 cm³/mol. The van der Waals surface area contributed by atoms with Crippen LogP contribution in [-0.4, -0.2) is 71.8 Å². The lowest BCUT2D eigenvalue weighted by atomic mass is 10.2. The van der Waals surface area contributed by atoms with Crippen LogP contribution in [0.4, 0.5) is 14.9 Å². The Morgan fingerprint density at radius 2 is 1.59 bits per heavy atom. The van der Waals surface area contributed by atoms with Crippen LogP contribution in [0, 0.1) is 5.82 Å². The maximum atomic E-state index is 12.9. The highest BCUT2D eigenvalue weighted by atomic mass is 19.1. The van der Waals surface area contributed by atoms with E-state index in [1.807, 2.05) is 4.90 Å². The Labute approximate surface area is 158 Å². The first kappa shape index (κ1) is 19.1. The Morgan fingerprint density at radius 3 is 2.22 bits per heavy atom. The second kappa shape index (κ2) is 8.83. The summed E-state index contributed by atoms with van der Waals surface area (Å²) in [6.45, 7) is 2.20. The quantitative estimate of drug-likeness (QED) is 0.876. The molecule has 2 heterocycles. The SMILES string of the molecule is O=C(CN1CCN(C(=O)Nc2ccc(F)cc2)CC1=O)N1CCCCCC1. The van der Waals surface area contributed by atoms with Crippen LogP contribution in [0.1, 0.15) is 25.7 Å². The molecule has 4 amide bonds. The molecule has 0 aromatic heterocycles. The average Bonchev–Trinajstić information content (AvgIpc) is 2.94. The fourth-order valence-corrected chi connectivity index (χ4v) is 3.37. The van der Waals surface area contributed by atoms with Crippen molar-refractivity contribution in [1.82, 2.24) is 14.7 Å². The molecule has 2 saturated heterocycles. The zero-order valence-electron chi connectivity index (χ0n) is 15.3. The fraction of sp³-hybridized carbons (Fsp3) is 0.526. The number of hydrogen-bond acceptors (Lipinski definition) is 3. The molecule has 1 aromatic carbocycles. The van der Waals surface area contributed by atoms with Gasteiger partial charge in [-0.1, -0.05) is 12.8 Å². The lowest BCUT2D eigenvalue weighted by Crippen LogP contribution is -2.55. The second-order valence-electron chi connectivity index (χ2n) is 6.97. The molecule has 2 fully saturated rings. The summed E-state index contributed by atoms with van der Waals surface area (Å²) in [6, 6.07) is 5.03. The highest BCUT2D eigenvalue weighted by Crippen LogP contribution is 2.13. The number of urea groups is 1. The maximum absolute atomic E-state index is 12.9. The number of carbonyl (C=O) groups is 3. The van der Waals surface area contributed by atoms with Gasteiger partial charge in [0.2, 0.25) is 11.8 Å². The maximum Gasteiger partial charge on any atom is 0.322 e. The van der Waals surface area contributed by atoms with Gasteiger partial charge in [-0.3, -0.25) is 9.59 Å². The summed E-state index contributed by atoms with van der Waals surface area (Å²) in [5, 5.41) is 2.65. The molecule has 146 valence electrons. The van der Waals surface area contributed by atoms with E-state index in [2.05, 4.69) is 5.32 Å². The molecule has 1 N–H and O–H groups in total. The molecule has 0 bridgehead atoms. The number of piperazine rings is 1. The van der Waals surface area contributed by atoms with Crippen LogP contribution in [0.15, 0.2) is 24.3 Å². The van der Waals surface area contributed by atoms with Crippen molar-refractivity contribution in [2.24, 2.45) is 0 Å². The molecule has 3 rings (SSSR count). The molecule has 2 aliphatic heterocycles. The number of rotatable bonds is 3. The third-order valence-electron chi connectivity index (χ3n) is 4.99. The van der Waals surface area contributed by atoms with Crippen LogP contribution >= 0.6 is 0 Å². The summed E-state index contributed by atoms with van der Waals surface area (Å²) in [5.74, 6) is -0.640. The number of likely N-dealkylation sites (tertiary alicyclic amines) is 1. The largest absolute Gasteiger partial charge is 0.341 e. The summed E-state index contributed by atoms with van der Waals surface area (Å²) in [5.41, 5.74) is 0.465. The van der Waals surface area contributed by atoms with Crippen molar-refractivity contribution in [2.45, 2.75) is 25.7 Å². The van der Waals surface area contributed by atoms with Crippen LogP contribution < -0.4 is 5.32 Å². The number of amides is 4. The average molecular weight is 376 g/mol. The zero-order chi connectivity index (χ0) is 19.2. The monoisotopic (exact) mass is 376 g/mol. The summed E-state index contributed by atoms with van der Waals surface area (Å²) < 4.78 is 12.9. The highest BCUT2D eigenvalue weighted by Gasteiger charge is 2.29. The first-order chi connectivity index (χ1) is 13.0. The Hall–Kier alpha value is -2.64. The molecule has 0 spiro atoms. The van der Waals surface area contributed by atoms with Crippen molar-refractivity contribution in [2.75, 3.05) is 44.6 Å². The molecule has 0 unspecified atom stereocenters. The Balaban J connectivity index is 1.49. The molecule has 2 aliphatic rings. The molecule has 1 aromatic rings. The van der Waals surface area contributed by atoms with E-state index in [9.17, 15) is 18.8 Å². The normalized spacial score (nSPS) is 18.3. The van der Waals surface area contributed by atoms with Gasteiger partial charge in [0.05, 0.1) is 6.54 Å². The van der Waals surface area contributed by atoms with E-state index >= 15 is 0 Å². The Kier molecular flexibility index (Phi) is 6.26. The first-order valence-electron chi connectivity index (χ1n) is 9.40. The van der Waals surface area contributed by atoms with Crippen LogP contribution in [0.3, 0.4) is 0 Å². The molecule has 27 heavy (non-hydrogen) atoms. The van der Waals surface area contributed by atoms with Crippen LogP contribution in [0.5, 0.6) is 0 Å². The van der Waals surface area contributed by atoms with Crippen molar-refractivity contribution in [3.05, 3.63) is 30.1 Å². The van der Waals surface area contributed by atoms with Gasteiger partial charge in [-0.25, -0.2) is 9.18 Å². The van der Waals surface area contributed by atoms with E-state index in [0.29, 0.717) is 18.8 Å². The number of nitrogens with zero attached hydrogens (tertiary/aromatic N) is 3. The first-order valence-corrected chi connectivity index (χ1v) is 9.40. The lowest BCUT2D eigenvalue weighted by Gasteiger charge is -2.35. The van der Waals surface area contributed by atoms with Gasteiger partial charge in [0.15, 0.2) is 0 Å². The number of anilines is 1. The third kappa shape index (κ3) is 5.18. The van der Waals surface area contributed by atoms with Gasteiger partial charge in [0.25, 0.3) is 0 Å². The molecule has 8 heteroatoms. The van der Waals surface area contributed by atoms with Crippen molar-refractivity contribution in [3.63, 3.8) is 0 Å². The van der Waals surface area contributed by atoms with E-state index in [1.54, 1.807) is 0 Å². The van der Waals surface area contributed by atoms with Gasteiger partial charge in [-0.15, -0.1) is 0 Å². The standard InChI is InChI=1S/C19H25FN4O3/c20-15-5-7-16(8-6-15)21-19(27)24-12-11-23(18(26)14-24)13-17(25)22-9-3-1-2-4-10-22/h5-8H,1-4,9-14H2,(H,21,27). The summed E-state index contributed by atoms with van der Waals surface area (Å²) in [4.78, 5) is 41.9. The smallest absolute Gasteiger partial charge is 0.322 e. The molecule has 7 nitrogen and oxygen atoms in total. The van der Waals surface area contributed by atoms with Crippen molar-refractivity contribution < 1.29 is 18.8 Å².